The Hall–Kier alpha value is -1.96. The maximum absolute atomic E-state index is 11.7. The smallest absolute Gasteiger partial charge is 0.323 e. The molecule has 1 unspecified atom stereocenters. The fourth-order valence-corrected chi connectivity index (χ4v) is 1.57. The third kappa shape index (κ3) is 3.32. The summed E-state index contributed by atoms with van der Waals surface area (Å²) >= 11 is 0. The number of carboxylic acid groups (broad SMARTS) is 1. The van der Waals surface area contributed by atoms with E-state index in [2.05, 4.69) is 20.8 Å². The lowest BCUT2D eigenvalue weighted by Gasteiger charge is -2.23. The van der Waals surface area contributed by atoms with Crippen molar-refractivity contribution in [1.82, 2.24) is 15.5 Å². The third-order valence-electron chi connectivity index (χ3n) is 3.43. The average molecular weight is 282 g/mol. The molecule has 1 heterocycles. The zero-order valence-corrected chi connectivity index (χ0v) is 11.5. The Bertz CT molecular complexity index is 511. The highest BCUT2D eigenvalue weighted by molar-refractivity contribution is 5.91. The highest BCUT2D eigenvalue weighted by Gasteiger charge is 2.31. The van der Waals surface area contributed by atoms with Crippen LogP contribution in [-0.2, 0) is 9.59 Å². The number of amides is 1. The third-order valence-corrected chi connectivity index (χ3v) is 3.43. The summed E-state index contributed by atoms with van der Waals surface area (Å²) in [5.41, 5.74) is -1.13. The first-order chi connectivity index (χ1) is 9.44. The number of carbonyl (C=O) groups excluding carboxylic acids is 1. The van der Waals surface area contributed by atoms with Gasteiger partial charge in [-0.05, 0) is 26.2 Å². The van der Waals surface area contributed by atoms with Gasteiger partial charge in [0.1, 0.15) is 5.54 Å². The van der Waals surface area contributed by atoms with E-state index in [0.29, 0.717) is 18.2 Å². The van der Waals surface area contributed by atoms with Crippen molar-refractivity contribution in [1.29, 1.82) is 0 Å². The number of aliphatic carboxylic acids is 1. The van der Waals surface area contributed by atoms with Crippen molar-refractivity contribution < 1.29 is 19.1 Å². The van der Waals surface area contributed by atoms with E-state index in [0.717, 1.165) is 12.8 Å². The zero-order valence-electron chi connectivity index (χ0n) is 11.5. The van der Waals surface area contributed by atoms with Crippen LogP contribution in [0, 0.1) is 0 Å². The Morgan fingerprint density at radius 3 is 2.70 bits per heavy atom. The molecule has 1 aliphatic carbocycles. The normalized spacial score (nSPS) is 17.5. The molecular weight excluding hydrogens is 264 g/mol. The molecule has 0 aliphatic heterocycles. The number of hydrogen-bond acceptors (Lipinski definition) is 6. The van der Waals surface area contributed by atoms with E-state index in [1.807, 2.05) is 0 Å². The molecule has 1 aromatic rings. The minimum absolute atomic E-state index is 0.0484. The number of carboxylic acids is 1. The molecule has 1 fully saturated rings. The summed E-state index contributed by atoms with van der Waals surface area (Å²) in [5, 5.41) is 21.8. The fraction of sp³-hybridized carbons (Fsp3) is 0.667. The minimum atomic E-state index is -1.13. The highest BCUT2D eigenvalue weighted by atomic mass is 16.4. The number of nitrogens with one attached hydrogen (secondary N) is 2. The van der Waals surface area contributed by atoms with E-state index in [4.69, 9.17) is 9.52 Å². The second kappa shape index (κ2) is 5.58. The molecule has 1 saturated carbocycles. The van der Waals surface area contributed by atoms with E-state index < -0.39 is 17.4 Å². The predicted octanol–water partition coefficient (Wildman–Crippen LogP) is 0.728. The van der Waals surface area contributed by atoms with E-state index in [1.54, 1.807) is 6.92 Å². The molecule has 3 N–H and O–H groups in total. The van der Waals surface area contributed by atoms with Gasteiger partial charge in [0.05, 0.1) is 6.54 Å². The Balaban J connectivity index is 1.83. The van der Waals surface area contributed by atoms with Crippen LogP contribution >= 0.6 is 0 Å². The molecule has 1 aliphatic rings. The summed E-state index contributed by atoms with van der Waals surface area (Å²) in [7, 11) is 0. The molecule has 110 valence electrons. The van der Waals surface area contributed by atoms with Crippen LogP contribution in [0.4, 0.5) is 6.01 Å². The number of anilines is 1. The summed E-state index contributed by atoms with van der Waals surface area (Å²) < 4.78 is 5.29. The summed E-state index contributed by atoms with van der Waals surface area (Å²) in [6.07, 6.45) is 2.43. The van der Waals surface area contributed by atoms with E-state index in [9.17, 15) is 9.59 Å². The molecule has 1 atom stereocenters. The molecule has 8 nitrogen and oxygen atoms in total. The summed E-state index contributed by atoms with van der Waals surface area (Å²) in [4.78, 5) is 22.8. The number of carbonyl (C=O) groups is 2. The lowest BCUT2D eigenvalue weighted by molar-refractivity contribution is -0.144. The van der Waals surface area contributed by atoms with Crippen LogP contribution in [0.3, 0.4) is 0 Å². The highest BCUT2D eigenvalue weighted by Crippen LogP contribution is 2.39. The molecule has 20 heavy (non-hydrogen) atoms. The molecule has 0 radical (unpaired) electrons. The number of nitrogens with zero attached hydrogens (tertiary/aromatic N) is 2. The van der Waals surface area contributed by atoms with Crippen LogP contribution in [0.5, 0.6) is 0 Å². The van der Waals surface area contributed by atoms with Gasteiger partial charge in [-0.25, -0.2) is 0 Å². The van der Waals surface area contributed by atoms with Crippen molar-refractivity contribution in [3.63, 3.8) is 0 Å². The van der Waals surface area contributed by atoms with Gasteiger partial charge in [-0.15, -0.1) is 5.10 Å². The van der Waals surface area contributed by atoms with Gasteiger partial charge in [-0.1, -0.05) is 12.0 Å². The molecular formula is C12H18N4O4. The van der Waals surface area contributed by atoms with Gasteiger partial charge in [0, 0.05) is 5.92 Å². The summed E-state index contributed by atoms with van der Waals surface area (Å²) in [6.45, 7) is 3.12. The van der Waals surface area contributed by atoms with Gasteiger partial charge >= 0.3 is 12.0 Å². The summed E-state index contributed by atoms with van der Waals surface area (Å²) in [6, 6.07) is 0.0484. The Kier molecular flexibility index (Phi) is 4.03. The van der Waals surface area contributed by atoms with Crippen LogP contribution < -0.4 is 10.6 Å². The Morgan fingerprint density at radius 1 is 1.45 bits per heavy atom. The molecule has 2 rings (SSSR count). The molecule has 0 bridgehead atoms. The molecule has 0 spiro atoms. The van der Waals surface area contributed by atoms with Crippen molar-refractivity contribution in [3.05, 3.63) is 5.89 Å². The van der Waals surface area contributed by atoms with Crippen molar-refractivity contribution >= 4 is 17.9 Å². The van der Waals surface area contributed by atoms with E-state index in [1.165, 1.54) is 6.92 Å². The monoisotopic (exact) mass is 282 g/mol. The summed E-state index contributed by atoms with van der Waals surface area (Å²) in [5.74, 6) is -0.558. The molecule has 0 aromatic carbocycles. The molecule has 1 amide bonds. The zero-order chi connectivity index (χ0) is 14.8. The van der Waals surface area contributed by atoms with Crippen LogP contribution in [0.15, 0.2) is 4.42 Å². The second-order valence-electron chi connectivity index (χ2n) is 5.11. The average Bonchev–Trinajstić information content (AvgIpc) is 3.17. The van der Waals surface area contributed by atoms with E-state index >= 15 is 0 Å². The fourth-order valence-electron chi connectivity index (χ4n) is 1.57. The minimum Gasteiger partial charge on any atom is -0.480 e. The van der Waals surface area contributed by atoms with Crippen molar-refractivity contribution in [2.75, 3.05) is 11.9 Å². The first-order valence-electron chi connectivity index (χ1n) is 6.56. The van der Waals surface area contributed by atoms with Crippen LogP contribution in [0.25, 0.3) is 0 Å². The van der Waals surface area contributed by atoms with Gasteiger partial charge in [0.2, 0.25) is 11.8 Å². The Morgan fingerprint density at radius 2 is 2.15 bits per heavy atom. The molecule has 0 saturated heterocycles. The van der Waals surface area contributed by atoms with Crippen LogP contribution in [0.1, 0.15) is 44.9 Å². The Labute approximate surface area is 115 Å². The van der Waals surface area contributed by atoms with Crippen LogP contribution in [0.2, 0.25) is 0 Å². The first kappa shape index (κ1) is 14.4. The maximum Gasteiger partial charge on any atom is 0.323 e. The quantitative estimate of drug-likeness (QED) is 0.674. The van der Waals surface area contributed by atoms with E-state index in [-0.39, 0.29) is 12.6 Å². The van der Waals surface area contributed by atoms with Crippen LogP contribution in [-0.4, -0.2) is 39.3 Å². The SMILES string of the molecule is CCC(C)(NCC(=O)Nc1nnc(C2CC2)o1)C(=O)O. The number of aromatic nitrogens is 2. The number of hydrogen-bond donors (Lipinski definition) is 3. The first-order valence-corrected chi connectivity index (χ1v) is 6.56. The van der Waals surface area contributed by atoms with Gasteiger partial charge in [-0.3, -0.25) is 20.2 Å². The van der Waals surface area contributed by atoms with Gasteiger partial charge in [0.25, 0.3) is 0 Å². The van der Waals surface area contributed by atoms with Gasteiger partial charge in [0.15, 0.2) is 0 Å². The lowest BCUT2D eigenvalue weighted by Crippen LogP contribution is -2.51. The maximum atomic E-state index is 11.7. The standard InChI is InChI=1S/C12H18N4O4/c1-3-12(2,10(18)19)13-6-8(17)14-11-16-15-9(20-11)7-4-5-7/h7,13H,3-6H2,1-2H3,(H,18,19)(H,14,16,17). The van der Waals surface area contributed by atoms with Crippen molar-refractivity contribution in [2.45, 2.75) is 44.6 Å². The van der Waals surface area contributed by atoms with Gasteiger partial charge in [-0.2, -0.15) is 0 Å². The molecule has 8 heteroatoms. The second-order valence-corrected chi connectivity index (χ2v) is 5.11. The van der Waals surface area contributed by atoms with Gasteiger partial charge < -0.3 is 9.52 Å². The topological polar surface area (TPSA) is 117 Å². The largest absolute Gasteiger partial charge is 0.480 e. The molecule has 1 aromatic heterocycles. The van der Waals surface area contributed by atoms with Crippen molar-refractivity contribution in [2.24, 2.45) is 0 Å². The van der Waals surface area contributed by atoms with Crippen molar-refractivity contribution in [3.8, 4) is 0 Å². The lowest BCUT2D eigenvalue weighted by atomic mass is 9.99. The predicted molar refractivity (Wildman–Crippen MR) is 69.2 cm³/mol. The number of rotatable bonds is 7.